The van der Waals surface area contributed by atoms with Crippen molar-refractivity contribution in [3.63, 3.8) is 0 Å². The highest BCUT2D eigenvalue weighted by molar-refractivity contribution is 6.28. The van der Waals surface area contributed by atoms with Crippen molar-refractivity contribution in [2.75, 3.05) is 19.7 Å². The molecule has 6 nitrogen and oxygen atoms in total. The van der Waals surface area contributed by atoms with Crippen molar-refractivity contribution < 1.29 is 14.3 Å². The molecule has 0 aliphatic carbocycles. The number of ether oxygens (including phenoxy) is 2. The van der Waals surface area contributed by atoms with Crippen LogP contribution in [0.3, 0.4) is 0 Å². The number of likely N-dealkylation sites (tertiary alicyclic amines) is 1. The Morgan fingerprint density at radius 2 is 1.91 bits per heavy atom. The number of carbonyl (C=O) groups excluding carboxylic acids is 1. The molecule has 1 aromatic heterocycles. The van der Waals surface area contributed by atoms with Crippen LogP contribution in [0.15, 0.2) is 12.4 Å². The van der Waals surface area contributed by atoms with Gasteiger partial charge in [0.05, 0.1) is 19.0 Å². The first kappa shape index (κ1) is 16.8. The number of rotatable bonds is 3. The molecule has 0 aromatic carbocycles. The molecule has 22 heavy (non-hydrogen) atoms. The third-order valence-corrected chi connectivity index (χ3v) is 3.54. The zero-order valence-corrected chi connectivity index (χ0v) is 14.0. The molecule has 1 aromatic rings. The van der Waals surface area contributed by atoms with Crippen molar-refractivity contribution in [2.45, 2.75) is 39.2 Å². The molecule has 0 saturated carbocycles. The number of carbonyl (C=O) groups is 1. The van der Waals surface area contributed by atoms with E-state index >= 15 is 0 Å². The van der Waals surface area contributed by atoms with Crippen LogP contribution in [0.25, 0.3) is 0 Å². The predicted molar refractivity (Wildman–Crippen MR) is 83.1 cm³/mol. The average Bonchev–Trinajstić information content (AvgIpc) is 2.45. The van der Waals surface area contributed by atoms with Crippen molar-refractivity contribution in [1.29, 1.82) is 0 Å². The lowest BCUT2D eigenvalue weighted by Gasteiger charge is -2.33. The Kier molecular flexibility index (Phi) is 5.45. The number of aromatic nitrogens is 2. The molecule has 1 fully saturated rings. The molecule has 0 radical (unpaired) electrons. The van der Waals surface area contributed by atoms with Gasteiger partial charge in [-0.3, -0.25) is 0 Å². The zero-order chi connectivity index (χ0) is 16.2. The number of amides is 1. The summed E-state index contributed by atoms with van der Waals surface area (Å²) in [7, 11) is 0. The summed E-state index contributed by atoms with van der Waals surface area (Å²) in [5.41, 5.74) is -0.453. The first-order chi connectivity index (χ1) is 10.3. The van der Waals surface area contributed by atoms with Gasteiger partial charge in [0.25, 0.3) is 0 Å². The molecule has 1 saturated heterocycles. The van der Waals surface area contributed by atoms with Crippen LogP contribution < -0.4 is 4.74 Å². The normalized spacial score (nSPS) is 16.5. The lowest BCUT2D eigenvalue weighted by Crippen LogP contribution is -2.42. The molecule has 0 spiro atoms. The van der Waals surface area contributed by atoms with Gasteiger partial charge >= 0.3 is 6.09 Å². The van der Waals surface area contributed by atoms with Crippen LogP contribution in [0.1, 0.15) is 33.6 Å². The lowest BCUT2D eigenvalue weighted by molar-refractivity contribution is 0.0165. The highest BCUT2D eigenvalue weighted by Crippen LogP contribution is 2.21. The largest absolute Gasteiger partial charge is 0.490 e. The smallest absolute Gasteiger partial charge is 0.410 e. The number of hydrogen-bond acceptors (Lipinski definition) is 5. The number of hydrogen-bond donors (Lipinski definition) is 0. The van der Waals surface area contributed by atoms with Crippen LogP contribution >= 0.6 is 11.6 Å². The SMILES string of the molecule is CC(C)(C)OC(=O)N1CCC(COc2cnc(Cl)nc2)CC1. The molecule has 0 N–H and O–H groups in total. The predicted octanol–water partition coefficient (Wildman–Crippen LogP) is 3.16. The van der Waals surface area contributed by atoms with E-state index in [4.69, 9.17) is 21.1 Å². The Bertz CT molecular complexity index is 494. The Morgan fingerprint density at radius 3 is 2.45 bits per heavy atom. The highest BCUT2D eigenvalue weighted by atomic mass is 35.5. The van der Waals surface area contributed by atoms with Gasteiger partial charge < -0.3 is 14.4 Å². The third-order valence-electron chi connectivity index (χ3n) is 3.35. The molecule has 0 atom stereocenters. The van der Waals surface area contributed by atoms with Gasteiger partial charge in [0.1, 0.15) is 5.60 Å². The Labute approximate surface area is 135 Å². The van der Waals surface area contributed by atoms with Crippen molar-refractivity contribution in [3.8, 4) is 5.75 Å². The molecule has 7 heteroatoms. The van der Waals surface area contributed by atoms with E-state index in [0.717, 1.165) is 12.8 Å². The number of piperidine rings is 1. The fourth-order valence-corrected chi connectivity index (χ4v) is 2.30. The topological polar surface area (TPSA) is 64.5 Å². The summed E-state index contributed by atoms with van der Waals surface area (Å²) in [6, 6.07) is 0. The first-order valence-electron chi connectivity index (χ1n) is 7.42. The minimum Gasteiger partial charge on any atom is -0.490 e. The van der Waals surface area contributed by atoms with E-state index in [2.05, 4.69) is 9.97 Å². The van der Waals surface area contributed by atoms with Gasteiger partial charge in [-0.15, -0.1) is 0 Å². The molecular weight excluding hydrogens is 306 g/mol. The molecule has 2 rings (SSSR count). The van der Waals surface area contributed by atoms with Gasteiger partial charge in [-0.2, -0.15) is 0 Å². The molecule has 2 heterocycles. The maximum atomic E-state index is 12.0. The van der Waals surface area contributed by atoms with Gasteiger partial charge in [0, 0.05) is 13.1 Å². The van der Waals surface area contributed by atoms with E-state index < -0.39 is 5.60 Å². The first-order valence-corrected chi connectivity index (χ1v) is 7.79. The summed E-state index contributed by atoms with van der Waals surface area (Å²) in [5, 5.41) is 0.206. The quantitative estimate of drug-likeness (QED) is 0.798. The lowest BCUT2D eigenvalue weighted by atomic mass is 9.98. The van der Waals surface area contributed by atoms with E-state index in [0.29, 0.717) is 31.4 Å². The fraction of sp³-hybridized carbons (Fsp3) is 0.667. The third kappa shape index (κ3) is 5.33. The monoisotopic (exact) mass is 327 g/mol. The van der Waals surface area contributed by atoms with Gasteiger partial charge in [0.2, 0.25) is 5.28 Å². The second kappa shape index (κ2) is 7.13. The van der Waals surface area contributed by atoms with E-state index in [1.165, 1.54) is 0 Å². The minimum atomic E-state index is -0.453. The van der Waals surface area contributed by atoms with Crippen molar-refractivity contribution >= 4 is 17.7 Å². The van der Waals surface area contributed by atoms with Crippen LogP contribution in [0.5, 0.6) is 5.75 Å². The van der Waals surface area contributed by atoms with Crippen molar-refractivity contribution in [1.82, 2.24) is 14.9 Å². The summed E-state index contributed by atoms with van der Waals surface area (Å²) in [4.78, 5) is 21.5. The molecule has 1 aliphatic rings. The summed E-state index contributed by atoms with van der Waals surface area (Å²) in [6.07, 6.45) is 4.68. The van der Waals surface area contributed by atoms with Crippen molar-refractivity contribution in [2.24, 2.45) is 5.92 Å². The fourth-order valence-electron chi connectivity index (χ4n) is 2.20. The highest BCUT2D eigenvalue weighted by Gasteiger charge is 2.27. The second-order valence-corrected chi connectivity index (χ2v) is 6.75. The van der Waals surface area contributed by atoms with Crippen LogP contribution in [-0.2, 0) is 4.74 Å². The maximum absolute atomic E-state index is 12.0. The maximum Gasteiger partial charge on any atom is 0.410 e. The summed E-state index contributed by atoms with van der Waals surface area (Å²) in [5.74, 6) is 1.02. The van der Waals surface area contributed by atoms with Crippen molar-refractivity contribution in [3.05, 3.63) is 17.7 Å². The van der Waals surface area contributed by atoms with E-state index in [1.807, 2.05) is 20.8 Å². The standard InChI is InChI=1S/C15H22ClN3O3/c1-15(2,3)22-14(20)19-6-4-11(5-7-19)10-21-12-8-17-13(16)18-9-12/h8-9,11H,4-7,10H2,1-3H3. The van der Waals surface area contributed by atoms with Gasteiger partial charge in [-0.25, -0.2) is 14.8 Å². The summed E-state index contributed by atoms with van der Waals surface area (Å²) < 4.78 is 11.0. The molecule has 1 aliphatic heterocycles. The summed E-state index contributed by atoms with van der Waals surface area (Å²) >= 11 is 5.62. The van der Waals surface area contributed by atoms with Crippen LogP contribution in [0.4, 0.5) is 4.79 Å². The van der Waals surface area contributed by atoms with Gasteiger partial charge in [-0.05, 0) is 51.1 Å². The molecule has 1 amide bonds. The number of nitrogens with zero attached hydrogens (tertiary/aromatic N) is 3. The van der Waals surface area contributed by atoms with E-state index in [9.17, 15) is 4.79 Å². The molecule has 0 bridgehead atoms. The Hall–Kier alpha value is -1.56. The molecule has 122 valence electrons. The molecule has 0 unspecified atom stereocenters. The van der Waals surface area contributed by atoms with Gasteiger partial charge in [-0.1, -0.05) is 0 Å². The average molecular weight is 328 g/mol. The Balaban J connectivity index is 1.73. The summed E-state index contributed by atoms with van der Waals surface area (Å²) in [6.45, 7) is 7.60. The minimum absolute atomic E-state index is 0.206. The second-order valence-electron chi connectivity index (χ2n) is 6.41. The zero-order valence-electron chi connectivity index (χ0n) is 13.2. The van der Waals surface area contributed by atoms with E-state index in [-0.39, 0.29) is 11.4 Å². The van der Waals surface area contributed by atoms with E-state index in [1.54, 1.807) is 17.3 Å². The Morgan fingerprint density at radius 1 is 1.32 bits per heavy atom. The van der Waals surface area contributed by atoms with Crippen LogP contribution in [0, 0.1) is 5.92 Å². The van der Waals surface area contributed by atoms with Crippen LogP contribution in [-0.4, -0.2) is 46.3 Å². The number of halogens is 1. The molecular formula is C15H22ClN3O3. The van der Waals surface area contributed by atoms with Crippen LogP contribution in [0.2, 0.25) is 5.28 Å². The van der Waals surface area contributed by atoms with Gasteiger partial charge in [0.15, 0.2) is 5.75 Å².